The number of nitrogens with one attached hydrogen (secondary N) is 1. The molecule has 1 saturated carbocycles. The van der Waals surface area contributed by atoms with Crippen molar-refractivity contribution >= 4 is 16.0 Å². The molecule has 10 nitrogen and oxygen atoms in total. The lowest BCUT2D eigenvalue weighted by Crippen LogP contribution is -2.43. The Morgan fingerprint density at radius 3 is 2.65 bits per heavy atom. The molecule has 0 radical (unpaired) electrons. The van der Waals surface area contributed by atoms with Gasteiger partial charge in [-0.3, -0.25) is 14.0 Å². The van der Waals surface area contributed by atoms with Crippen LogP contribution in [0.4, 0.5) is 4.39 Å². The highest BCUT2D eigenvalue weighted by atomic mass is 32.2. The summed E-state index contributed by atoms with van der Waals surface area (Å²) in [7, 11) is -4.02. The number of amides is 1. The molecule has 1 aromatic carbocycles. The van der Waals surface area contributed by atoms with Crippen molar-refractivity contribution in [3.05, 3.63) is 42.5 Å². The summed E-state index contributed by atoms with van der Waals surface area (Å²) in [5.74, 6) is 0.342. The molecule has 4 atom stereocenters. The second kappa shape index (κ2) is 11.5. The van der Waals surface area contributed by atoms with E-state index >= 15 is 0 Å². The highest BCUT2D eigenvalue weighted by molar-refractivity contribution is 7.85. The van der Waals surface area contributed by atoms with Crippen LogP contribution in [-0.2, 0) is 21.5 Å². The zero-order valence-corrected chi connectivity index (χ0v) is 19.7. The fraction of sp³-hybridized carbons (Fsp3) is 0.545. The van der Waals surface area contributed by atoms with Crippen LogP contribution in [0.15, 0.2) is 41.8 Å². The number of nitrogens with zero attached hydrogens (tertiary/aromatic N) is 5. The monoisotopic (exact) mass is 492 g/mol. The van der Waals surface area contributed by atoms with Crippen molar-refractivity contribution in [1.29, 1.82) is 5.26 Å². The number of benzene rings is 1. The topological polar surface area (TPSA) is 141 Å². The first-order chi connectivity index (χ1) is 16.2. The van der Waals surface area contributed by atoms with Gasteiger partial charge in [-0.2, -0.15) is 18.8 Å². The molecule has 2 aliphatic rings. The number of aromatic nitrogens is 3. The van der Waals surface area contributed by atoms with Gasteiger partial charge in [-0.25, -0.2) is 9.37 Å². The Morgan fingerprint density at radius 2 is 2.03 bits per heavy atom. The van der Waals surface area contributed by atoms with Crippen molar-refractivity contribution in [3.63, 3.8) is 0 Å². The molecular formula is C22H29FN6O4S. The van der Waals surface area contributed by atoms with E-state index in [4.69, 9.17) is 9.81 Å². The molecule has 1 aromatic heterocycles. The molecule has 34 heavy (non-hydrogen) atoms. The molecule has 4 rings (SSSR count). The third-order valence-electron chi connectivity index (χ3n) is 6.03. The van der Waals surface area contributed by atoms with E-state index in [0.29, 0.717) is 5.92 Å². The third kappa shape index (κ3) is 7.31. The van der Waals surface area contributed by atoms with Crippen LogP contribution in [0.5, 0.6) is 0 Å². The van der Waals surface area contributed by atoms with Crippen molar-refractivity contribution in [2.45, 2.75) is 62.3 Å². The quantitative estimate of drug-likeness (QED) is 0.581. The van der Waals surface area contributed by atoms with Gasteiger partial charge in [0.25, 0.3) is 10.1 Å². The number of likely N-dealkylation sites (tertiary alicyclic amines) is 1. The molecule has 2 N–H and O–H groups in total. The van der Waals surface area contributed by atoms with E-state index in [9.17, 15) is 17.6 Å². The summed E-state index contributed by atoms with van der Waals surface area (Å²) in [6.07, 6.45) is 5.38. The molecule has 0 unspecified atom stereocenters. The minimum Gasteiger partial charge on any atom is -0.323 e. The van der Waals surface area contributed by atoms with Crippen molar-refractivity contribution in [3.8, 4) is 6.07 Å². The van der Waals surface area contributed by atoms with Crippen molar-refractivity contribution < 1.29 is 22.2 Å². The maximum atomic E-state index is 13.4. The fourth-order valence-corrected chi connectivity index (χ4v) is 4.72. The second-order valence-corrected chi connectivity index (χ2v) is 10.1. The number of halogens is 1. The molecule has 2 aromatic rings. The number of hydrogen-bond donors (Lipinski definition) is 2. The molecule has 1 amide bonds. The van der Waals surface area contributed by atoms with Gasteiger partial charge in [-0.05, 0) is 44.2 Å². The lowest BCUT2D eigenvalue weighted by atomic mass is 10.1. The van der Waals surface area contributed by atoms with Crippen molar-refractivity contribution in [1.82, 2.24) is 25.0 Å². The number of aryl methyl sites for hydroxylation is 1. The average molecular weight is 493 g/mol. The van der Waals surface area contributed by atoms with Gasteiger partial charge in [0.2, 0.25) is 5.91 Å². The average Bonchev–Trinajstić information content (AvgIpc) is 3.54. The normalized spacial score (nSPS) is 24.4. The molecular weight excluding hydrogens is 463 g/mol. The van der Waals surface area contributed by atoms with Gasteiger partial charge in [0.05, 0.1) is 24.1 Å². The van der Waals surface area contributed by atoms with Gasteiger partial charge < -0.3 is 10.2 Å². The van der Waals surface area contributed by atoms with Crippen LogP contribution in [0.2, 0.25) is 0 Å². The number of hydrogen-bond acceptors (Lipinski definition) is 7. The van der Waals surface area contributed by atoms with Gasteiger partial charge in [0, 0.05) is 19.0 Å². The molecule has 184 valence electrons. The first kappa shape index (κ1) is 25.7. The summed E-state index contributed by atoms with van der Waals surface area (Å²) >= 11 is 0. The Morgan fingerprint density at radius 1 is 1.29 bits per heavy atom. The number of alkyl halides is 1. The number of carbonyl (C=O) groups is 1. The first-order valence-electron chi connectivity index (χ1n) is 11.1. The van der Waals surface area contributed by atoms with Crippen molar-refractivity contribution in [2.75, 3.05) is 13.1 Å². The van der Waals surface area contributed by atoms with E-state index in [1.54, 1.807) is 18.5 Å². The summed E-state index contributed by atoms with van der Waals surface area (Å²) in [6.45, 7) is 2.90. The van der Waals surface area contributed by atoms with Gasteiger partial charge in [0.1, 0.15) is 24.9 Å². The second-order valence-electron chi connectivity index (χ2n) is 8.69. The molecule has 2 fully saturated rings. The predicted molar refractivity (Wildman–Crippen MR) is 121 cm³/mol. The highest BCUT2D eigenvalue weighted by Gasteiger charge is 2.35. The highest BCUT2D eigenvalue weighted by Crippen LogP contribution is 2.27. The van der Waals surface area contributed by atoms with Gasteiger partial charge in [-0.1, -0.05) is 17.7 Å². The van der Waals surface area contributed by atoms with E-state index in [0.717, 1.165) is 31.4 Å². The molecule has 1 saturated heterocycles. The van der Waals surface area contributed by atoms with Crippen molar-refractivity contribution in [2.24, 2.45) is 5.92 Å². The lowest BCUT2D eigenvalue weighted by Gasteiger charge is -2.21. The third-order valence-corrected chi connectivity index (χ3v) is 6.90. The smallest absolute Gasteiger partial charge is 0.294 e. The summed E-state index contributed by atoms with van der Waals surface area (Å²) in [5, 5.41) is 16.4. The summed E-state index contributed by atoms with van der Waals surface area (Å²) in [4.78, 5) is 17.4. The number of nitriles is 1. The molecule has 1 aliphatic carbocycles. The SMILES string of the molecule is Cc1ccc(S(=O)(=O)O)cc1.N#C[C@@H]1C[C@H](F)CN1C(=O)CN[C@@H]1CC[C@H](Cn2cncn2)C1. The number of carbonyl (C=O) groups excluding carboxylic acids is 1. The van der Waals surface area contributed by atoms with Crippen LogP contribution in [0, 0.1) is 24.2 Å². The molecule has 12 heteroatoms. The zero-order valence-electron chi connectivity index (χ0n) is 18.9. The van der Waals surface area contributed by atoms with Crippen LogP contribution in [0.3, 0.4) is 0 Å². The van der Waals surface area contributed by atoms with Crippen LogP contribution in [0.25, 0.3) is 0 Å². The molecule has 0 spiro atoms. The minimum absolute atomic E-state index is 0.0400. The van der Waals surface area contributed by atoms with E-state index in [-0.39, 0.29) is 36.4 Å². The summed E-state index contributed by atoms with van der Waals surface area (Å²) in [5.41, 5.74) is 0.956. The van der Waals surface area contributed by atoms with E-state index in [2.05, 4.69) is 15.4 Å². The van der Waals surface area contributed by atoms with Crippen LogP contribution < -0.4 is 5.32 Å². The van der Waals surface area contributed by atoms with Gasteiger partial charge >= 0.3 is 0 Å². The summed E-state index contributed by atoms with van der Waals surface area (Å²) in [6, 6.07) is 7.66. The van der Waals surface area contributed by atoms with Crippen LogP contribution in [0.1, 0.15) is 31.2 Å². The Balaban J connectivity index is 0.000000248. The Bertz CT molecular complexity index is 1090. The largest absolute Gasteiger partial charge is 0.323 e. The van der Waals surface area contributed by atoms with Crippen LogP contribution in [-0.4, -0.2) is 69.9 Å². The summed E-state index contributed by atoms with van der Waals surface area (Å²) < 4.78 is 44.8. The molecule has 0 bridgehead atoms. The lowest BCUT2D eigenvalue weighted by molar-refractivity contribution is -0.130. The van der Waals surface area contributed by atoms with E-state index in [1.807, 2.05) is 17.7 Å². The first-order valence-corrected chi connectivity index (χ1v) is 12.5. The maximum Gasteiger partial charge on any atom is 0.294 e. The maximum absolute atomic E-state index is 13.4. The van der Waals surface area contributed by atoms with Gasteiger partial charge in [-0.15, -0.1) is 0 Å². The Kier molecular flexibility index (Phi) is 8.71. The minimum atomic E-state index is -4.02. The molecule has 2 heterocycles. The van der Waals surface area contributed by atoms with E-state index < -0.39 is 22.3 Å². The van der Waals surface area contributed by atoms with Gasteiger partial charge in [0.15, 0.2) is 0 Å². The number of rotatable bonds is 6. The van der Waals surface area contributed by atoms with Crippen LogP contribution >= 0.6 is 0 Å². The fourth-order valence-electron chi connectivity index (χ4n) is 4.24. The standard InChI is InChI=1S/C15H21FN6O.C7H8O3S/c16-12-4-14(5-17)22(8-12)15(23)6-19-13-2-1-11(3-13)7-21-10-18-9-20-21;1-6-2-4-7(5-3-6)11(8,9)10/h9-14,19H,1-4,6-8H2;2-5H,1H3,(H,8,9,10)/t11-,12-,13+,14-;/m0./s1. The predicted octanol–water partition coefficient (Wildman–Crippen LogP) is 1.74. The Hall–Kier alpha value is -2.88. The zero-order chi connectivity index (χ0) is 24.7. The van der Waals surface area contributed by atoms with E-state index in [1.165, 1.54) is 23.4 Å². The Labute approximate surface area is 198 Å². The molecule has 1 aliphatic heterocycles.